The van der Waals surface area contributed by atoms with Crippen LogP contribution in [0.15, 0.2) is 24.3 Å². The van der Waals surface area contributed by atoms with Crippen LogP contribution in [0, 0.1) is 0 Å². The molecule has 1 N–H and O–H groups in total. The number of rotatable bonds is 5. The molecule has 0 aliphatic heterocycles. The van der Waals surface area contributed by atoms with Crippen LogP contribution >= 0.6 is 0 Å². The third-order valence-corrected chi connectivity index (χ3v) is 1.63. The molecule has 1 aromatic rings. The summed E-state index contributed by atoms with van der Waals surface area (Å²) in [6, 6.07) is 6.87. The van der Waals surface area contributed by atoms with Gasteiger partial charge in [0.15, 0.2) is 6.61 Å². The average Bonchev–Trinajstić information content (AvgIpc) is 2.17. The molecule has 0 saturated carbocycles. The minimum atomic E-state index is -1.04. The molecule has 0 aromatic heterocycles. The van der Waals surface area contributed by atoms with Gasteiger partial charge in [-0.25, -0.2) is 4.79 Å². The van der Waals surface area contributed by atoms with E-state index < -0.39 is 12.6 Å². The molecule has 0 saturated heterocycles. The van der Waals surface area contributed by atoms with Crippen LogP contribution in [0.4, 0.5) is 0 Å². The van der Waals surface area contributed by atoms with E-state index >= 15 is 0 Å². The highest BCUT2D eigenvalue weighted by Crippen LogP contribution is 2.17. The lowest BCUT2D eigenvalue weighted by Gasteiger charge is -2.06. The van der Waals surface area contributed by atoms with E-state index in [1.807, 2.05) is 0 Å². The number of hydrogen-bond acceptors (Lipinski definition) is 3. The Kier molecular flexibility index (Phi) is 3.67. The number of carbonyl (C=O) groups is 2. The van der Waals surface area contributed by atoms with Gasteiger partial charge in [0.1, 0.15) is 12.0 Å². The van der Waals surface area contributed by atoms with E-state index in [0.29, 0.717) is 11.3 Å². The van der Waals surface area contributed by atoms with E-state index in [0.717, 1.165) is 6.29 Å². The van der Waals surface area contributed by atoms with Crippen molar-refractivity contribution in [3.8, 4) is 5.75 Å². The Hall–Kier alpha value is -1.84. The van der Waals surface area contributed by atoms with Crippen LogP contribution in [0.25, 0.3) is 0 Å². The third-order valence-electron chi connectivity index (χ3n) is 1.63. The van der Waals surface area contributed by atoms with Crippen LogP contribution in [0.2, 0.25) is 0 Å². The normalized spacial score (nSPS) is 9.43. The van der Waals surface area contributed by atoms with Gasteiger partial charge >= 0.3 is 5.97 Å². The summed E-state index contributed by atoms with van der Waals surface area (Å²) >= 11 is 0. The molecule has 0 aliphatic carbocycles. The predicted octanol–water partition coefficient (Wildman–Crippen LogP) is 0.891. The van der Waals surface area contributed by atoms with E-state index in [1.54, 1.807) is 24.3 Å². The lowest BCUT2D eigenvalue weighted by atomic mass is 10.1. The molecule has 4 heteroatoms. The van der Waals surface area contributed by atoms with Crippen molar-refractivity contribution in [1.82, 2.24) is 0 Å². The van der Waals surface area contributed by atoms with Gasteiger partial charge in [0, 0.05) is 12.0 Å². The highest BCUT2D eigenvalue weighted by Gasteiger charge is 2.04. The topological polar surface area (TPSA) is 63.6 Å². The highest BCUT2D eigenvalue weighted by molar-refractivity contribution is 5.68. The van der Waals surface area contributed by atoms with Crippen molar-refractivity contribution >= 4 is 12.3 Å². The molecule has 0 radical (unpaired) electrons. The van der Waals surface area contributed by atoms with Crippen molar-refractivity contribution in [2.45, 2.75) is 6.42 Å². The third kappa shape index (κ3) is 2.90. The summed E-state index contributed by atoms with van der Waals surface area (Å²) in [6.45, 7) is -0.393. The number of carboxylic acid groups (broad SMARTS) is 1. The average molecular weight is 194 g/mol. The van der Waals surface area contributed by atoms with Gasteiger partial charge in [-0.2, -0.15) is 0 Å². The van der Waals surface area contributed by atoms with E-state index in [1.165, 1.54) is 0 Å². The van der Waals surface area contributed by atoms with Gasteiger partial charge in [-0.15, -0.1) is 0 Å². The summed E-state index contributed by atoms with van der Waals surface area (Å²) in [7, 11) is 0. The van der Waals surface area contributed by atoms with E-state index in [-0.39, 0.29) is 6.42 Å². The van der Waals surface area contributed by atoms with E-state index in [9.17, 15) is 9.59 Å². The molecule has 0 atom stereocenters. The van der Waals surface area contributed by atoms with Crippen LogP contribution in [0.1, 0.15) is 5.56 Å². The number of aliphatic carboxylic acids is 1. The second-order valence-corrected chi connectivity index (χ2v) is 2.66. The molecule has 0 spiro atoms. The SMILES string of the molecule is O=CCc1ccccc1OCC(=O)O. The van der Waals surface area contributed by atoms with Gasteiger partial charge in [0.25, 0.3) is 0 Å². The highest BCUT2D eigenvalue weighted by atomic mass is 16.5. The molecule has 1 rings (SSSR count). The number of carbonyl (C=O) groups excluding carboxylic acids is 1. The second kappa shape index (κ2) is 5.01. The fraction of sp³-hybridized carbons (Fsp3) is 0.200. The Morgan fingerprint density at radius 3 is 2.79 bits per heavy atom. The van der Waals surface area contributed by atoms with Crippen molar-refractivity contribution in [2.75, 3.05) is 6.61 Å². The van der Waals surface area contributed by atoms with Crippen LogP contribution in [-0.2, 0) is 16.0 Å². The van der Waals surface area contributed by atoms with Crippen LogP contribution < -0.4 is 4.74 Å². The molecule has 0 unspecified atom stereocenters. The molecule has 0 bridgehead atoms. The number of benzene rings is 1. The molecule has 0 fully saturated rings. The molecule has 1 aromatic carbocycles. The van der Waals surface area contributed by atoms with Crippen molar-refractivity contribution in [3.63, 3.8) is 0 Å². The largest absolute Gasteiger partial charge is 0.482 e. The monoisotopic (exact) mass is 194 g/mol. The number of carboxylic acids is 1. The van der Waals surface area contributed by atoms with Gasteiger partial charge in [-0.3, -0.25) is 0 Å². The smallest absolute Gasteiger partial charge is 0.341 e. The fourth-order valence-corrected chi connectivity index (χ4v) is 1.04. The van der Waals surface area contributed by atoms with Crippen LogP contribution in [0.5, 0.6) is 5.75 Å². The van der Waals surface area contributed by atoms with Gasteiger partial charge in [0.2, 0.25) is 0 Å². The molecular formula is C10H10O4. The molecule has 14 heavy (non-hydrogen) atoms. The molecule has 74 valence electrons. The Labute approximate surface area is 81.1 Å². The zero-order valence-corrected chi connectivity index (χ0v) is 7.47. The van der Waals surface area contributed by atoms with Gasteiger partial charge in [-0.1, -0.05) is 18.2 Å². The maximum absolute atomic E-state index is 10.3. The maximum Gasteiger partial charge on any atom is 0.341 e. The molecule has 0 amide bonds. The first-order valence-electron chi connectivity index (χ1n) is 4.10. The van der Waals surface area contributed by atoms with Crippen LogP contribution in [0.3, 0.4) is 0 Å². The first kappa shape index (κ1) is 10.2. The second-order valence-electron chi connectivity index (χ2n) is 2.66. The minimum Gasteiger partial charge on any atom is -0.482 e. The van der Waals surface area contributed by atoms with Crippen molar-refractivity contribution in [2.24, 2.45) is 0 Å². The Morgan fingerprint density at radius 2 is 2.14 bits per heavy atom. The zero-order valence-electron chi connectivity index (χ0n) is 7.47. The lowest BCUT2D eigenvalue weighted by Crippen LogP contribution is -2.10. The number of para-hydroxylation sites is 1. The molecule has 0 aliphatic rings. The van der Waals surface area contributed by atoms with Crippen molar-refractivity contribution in [3.05, 3.63) is 29.8 Å². The quantitative estimate of drug-likeness (QED) is 0.707. The summed E-state index contributed by atoms with van der Waals surface area (Å²) in [5.74, 6) is -0.590. The van der Waals surface area contributed by atoms with Crippen LogP contribution in [-0.4, -0.2) is 24.0 Å². The zero-order chi connectivity index (χ0) is 10.4. The van der Waals surface area contributed by atoms with Gasteiger partial charge in [0.05, 0.1) is 0 Å². The van der Waals surface area contributed by atoms with E-state index in [4.69, 9.17) is 9.84 Å². The Bertz CT molecular complexity index is 333. The van der Waals surface area contributed by atoms with Gasteiger partial charge < -0.3 is 14.6 Å². The summed E-state index contributed by atoms with van der Waals surface area (Å²) in [6.07, 6.45) is 0.985. The number of aldehydes is 1. The number of ether oxygens (including phenoxy) is 1. The van der Waals surface area contributed by atoms with E-state index in [2.05, 4.69) is 0 Å². The lowest BCUT2D eigenvalue weighted by molar-refractivity contribution is -0.139. The molecule has 4 nitrogen and oxygen atoms in total. The first-order chi connectivity index (χ1) is 6.74. The summed E-state index contributed by atoms with van der Waals surface area (Å²) in [5.41, 5.74) is 0.698. The summed E-state index contributed by atoms with van der Waals surface area (Å²) < 4.78 is 4.99. The Morgan fingerprint density at radius 1 is 1.43 bits per heavy atom. The fourth-order valence-electron chi connectivity index (χ4n) is 1.04. The van der Waals surface area contributed by atoms with Crippen molar-refractivity contribution < 1.29 is 19.4 Å². The molecule has 0 heterocycles. The molecular weight excluding hydrogens is 184 g/mol. The first-order valence-corrected chi connectivity index (χ1v) is 4.10. The number of hydrogen-bond donors (Lipinski definition) is 1. The maximum atomic E-state index is 10.3. The Balaban J connectivity index is 2.73. The summed E-state index contributed by atoms with van der Waals surface area (Å²) in [5, 5.41) is 8.40. The van der Waals surface area contributed by atoms with Gasteiger partial charge in [-0.05, 0) is 6.07 Å². The predicted molar refractivity (Wildman–Crippen MR) is 49.3 cm³/mol. The minimum absolute atomic E-state index is 0.232. The summed E-state index contributed by atoms with van der Waals surface area (Å²) in [4.78, 5) is 20.5. The van der Waals surface area contributed by atoms with Crippen molar-refractivity contribution in [1.29, 1.82) is 0 Å². The standard InChI is InChI=1S/C10H10O4/c11-6-5-8-3-1-2-4-9(8)14-7-10(12)13/h1-4,6H,5,7H2,(H,12,13).